The van der Waals surface area contributed by atoms with Gasteiger partial charge in [-0.15, -0.1) is 0 Å². The van der Waals surface area contributed by atoms with Crippen LogP contribution in [0, 0.1) is 5.92 Å². The zero-order valence-electron chi connectivity index (χ0n) is 57.8. The van der Waals surface area contributed by atoms with Gasteiger partial charge in [-0.2, -0.15) is 0 Å². The summed E-state index contributed by atoms with van der Waals surface area (Å²) in [7, 11) is -9.91. The molecule has 530 valence electrons. The predicted molar refractivity (Wildman–Crippen MR) is 363 cm³/mol. The zero-order valence-corrected chi connectivity index (χ0v) is 59.5. The molecule has 0 bridgehead atoms. The van der Waals surface area contributed by atoms with Gasteiger partial charge in [-0.05, 0) is 57.3 Å². The highest BCUT2D eigenvalue weighted by Crippen LogP contribution is 2.45. The van der Waals surface area contributed by atoms with Crippen LogP contribution in [0.1, 0.15) is 343 Å². The first-order chi connectivity index (χ1) is 43.5. The third-order valence-corrected chi connectivity index (χ3v) is 17.8. The van der Waals surface area contributed by atoms with Crippen LogP contribution in [0.5, 0.6) is 0 Å². The minimum atomic E-state index is -4.96. The van der Waals surface area contributed by atoms with Gasteiger partial charge in [-0.25, -0.2) is 9.13 Å². The number of esters is 4. The van der Waals surface area contributed by atoms with Crippen LogP contribution >= 0.6 is 15.6 Å². The Kier molecular flexibility index (Phi) is 62.2. The number of allylic oxidation sites excluding steroid dienone is 4. The lowest BCUT2D eigenvalue weighted by atomic mass is 10.0. The van der Waals surface area contributed by atoms with Crippen LogP contribution < -0.4 is 0 Å². The van der Waals surface area contributed by atoms with E-state index in [0.29, 0.717) is 31.6 Å². The molecular formula is C71H134O17P2. The number of aliphatic hydroxyl groups is 1. The molecule has 17 nitrogen and oxygen atoms in total. The fourth-order valence-electron chi connectivity index (χ4n) is 10.3. The van der Waals surface area contributed by atoms with Gasteiger partial charge in [0.05, 0.1) is 26.4 Å². The molecule has 0 aliphatic rings. The second-order valence-electron chi connectivity index (χ2n) is 25.4. The second kappa shape index (κ2) is 63.9. The van der Waals surface area contributed by atoms with Crippen LogP contribution in [0.3, 0.4) is 0 Å². The van der Waals surface area contributed by atoms with Crippen molar-refractivity contribution in [2.75, 3.05) is 39.6 Å². The van der Waals surface area contributed by atoms with E-state index in [9.17, 15) is 43.2 Å². The van der Waals surface area contributed by atoms with Crippen LogP contribution in [0.4, 0.5) is 0 Å². The van der Waals surface area contributed by atoms with Crippen LogP contribution in [-0.2, 0) is 65.4 Å². The molecule has 0 aromatic carbocycles. The number of carbonyl (C=O) groups excluding carboxylic acids is 4. The Morgan fingerprint density at radius 1 is 0.344 bits per heavy atom. The molecule has 2 unspecified atom stereocenters. The van der Waals surface area contributed by atoms with Gasteiger partial charge in [0, 0.05) is 25.7 Å². The van der Waals surface area contributed by atoms with Crippen LogP contribution in [0.25, 0.3) is 0 Å². The maximum absolute atomic E-state index is 13.0. The number of phosphoric ester groups is 2. The van der Waals surface area contributed by atoms with Crippen molar-refractivity contribution >= 4 is 39.5 Å². The maximum atomic E-state index is 13.0. The standard InChI is InChI=1S/C71H134O17P2/c1-6-9-12-15-18-21-23-25-27-29-31-33-36-41-46-51-56-70(75)87-66(60-82-69(74)55-50-45-40-35-32-30-28-26-24-22-19-16-13-10-7-2)62-85-89(77,78)83-58-65(72)59-84-90(79,80)86-63-67(61-81-68(73)54-49-44-39-34-20-17-14-11-8-3)88-71(76)57-52-47-42-37-38-43-48-53-64(4)5/h22,24,26,28,64-67,72H,6-21,23,25,27,29-63H2,1-5H3,(H,77,78)(H,79,80)/b24-22-,28-26-/t65-,66-,67-/m1/s1. The van der Waals surface area contributed by atoms with E-state index in [0.717, 1.165) is 109 Å². The van der Waals surface area contributed by atoms with E-state index in [-0.39, 0.29) is 25.7 Å². The third kappa shape index (κ3) is 64.3. The van der Waals surface area contributed by atoms with Crippen molar-refractivity contribution in [3.8, 4) is 0 Å². The number of phosphoric acid groups is 2. The Morgan fingerprint density at radius 2 is 0.600 bits per heavy atom. The highest BCUT2D eigenvalue weighted by molar-refractivity contribution is 7.47. The van der Waals surface area contributed by atoms with E-state index < -0.39 is 97.5 Å². The molecule has 0 aromatic heterocycles. The summed E-state index contributed by atoms with van der Waals surface area (Å²) in [4.78, 5) is 72.5. The molecule has 3 N–H and O–H groups in total. The van der Waals surface area contributed by atoms with E-state index in [1.165, 1.54) is 148 Å². The number of hydrogen-bond donors (Lipinski definition) is 3. The number of aliphatic hydroxyl groups excluding tert-OH is 1. The van der Waals surface area contributed by atoms with Crippen molar-refractivity contribution in [2.45, 2.75) is 361 Å². The first kappa shape index (κ1) is 87.5. The van der Waals surface area contributed by atoms with Crippen molar-refractivity contribution in [1.29, 1.82) is 0 Å². The molecule has 5 atom stereocenters. The van der Waals surface area contributed by atoms with Gasteiger partial charge in [0.25, 0.3) is 0 Å². The van der Waals surface area contributed by atoms with Gasteiger partial charge in [0.15, 0.2) is 12.2 Å². The van der Waals surface area contributed by atoms with E-state index in [1.54, 1.807) is 0 Å². The molecule has 0 fully saturated rings. The number of hydrogen-bond acceptors (Lipinski definition) is 15. The smallest absolute Gasteiger partial charge is 0.462 e. The fourth-order valence-corrected chi connectivity index (χ4v) is 11.9. The van der Waals surface area contributed by atoms with Gasteiger partial charge >= 0.3 is 39.5 Å². The number of ether oxygens (including phenoxy) is 4. The first-order valence-electron chi connectivity index (χ1n) is 36.5. The van der Waals surface area contributed by atoms with Gasteiger partial charge in [-0.1, -0.05) is 290 Å². The van der Waals surface area contributed by atoms with Gasteiger partial charge < -0.3 is 33.8 Å². The zero-order chi connectivity index (χ0) is 66.3. The molecule has 0 radical (unpaired) electrons. The summed E-state index contributed by atoms with van der Waals surface area (Å²) in [6.45, 7) is 7.11. The Hall–Kier alpha value is -2.46. The molecule has 0 aliphatic carbocycles. The predicted octanol–water partition coefficient (Wildman–Crippen LogP) is 20.1. The Balaban J connectivity index is 5.26. The maximum Gasteiger partial charge on any atom is 0.472 e. The molecule has 0 aromatic rings. The molecule has 0 amide bonds. The lowest BCUT2D eigenvalue weighted by molar-refractivity contribution is -0.161. The first-order valence-corrected chi connectivity index (χ1v) is 39.4. The lowest BCUT2D eigenvalue weighted by Crippen LogP contribution is -2.30. The van der Waals surface area contributed by atoms with Crippen molar-refractivity contribution in [1.82, 2.24) is 0 Å². The number of unbranched alkanes of at least 4 members (excludes halogenated alkanes) is 38. The second-order valence-corrected chi connectivity index (χ2v) is 28.3. The Bertz CT molecular complexity index is 1830. The summed E-state index contributed by atoms with van der Waals surface area (Å²) in [5, 5.41) is 10.6. The van der Waals surface area contributed by atoms with E-state index in [2.05, 4.69) is 58.9 Å². The molecule has 0 rings (SSSR count). The summed E-state index contributed by atoms with van der Waals surface area (Å²) >= 11 is 0. The summed E-state index contributed by atoms with van der Waals surface area (Å²) in [5.74, 6) is -1.46. The van der Waals surface area contributed by atoms with Gasteiger partial charge in [0.2, 0.25) is 0 Å². The largest absolute Gasteiger partial charge is 0.472 e. The van der Waals surface area contributed by atoms with Crippen LogP contribution in [0.2, 0.25) is 0 Å². The van der Waals surface area contributed by atoms with Crippen LogP contribution in [0.15, 0.2) is 24.3 Å². The van der Waals surface area contributed by atoms with Crippen molar-refractivity contribution < 1.29 is 80.2 Å². The number of carbonyl (C=O) groups is 4. The van der Waals surface area contributed by atoms with Gasteiger partial charge in [0.1, 0.15) is 19.3 Å². The molecular weight excluding hydrogens is 1190 g/mol. The number of rotatable bonds is 69. The topological polar surface area (TPSA) is 237 Å². The van der Waals surface area contributed by atoms with E-state index in [4.69, 9.17) is 37.0 Å². The summed E-state index contributed by atoms with van der Waals surface area (Å²) in [5.41, 5.74) is 0. The molecule has 0 saturated carbocycles. The molecule has 0 spiro atoms. The fraction of sp³-hybridized carbons (Fsp3) is 0.887. The summed E-state index contributed by atoms with van der Waals surface area (Å²) < 4.78 is 68.2. The highest BCUT2D eigenvalue weighted by Gasteiger charge is 2.30. The van der Waals surface area contributed by atoms with Crippen molar-refractivity contribution in [2.24, 2.45) is 5.92 Å². The normalized spacial score (nSPS) is 14.2. The van der Waals surface area contributed by atoms with E-state index in [1.807, 2.05) is 0 Å². The molecule has 0 heterocycles. The SMILES string of the molecule is CCCCCC/C=C\C=C/CCCCCCCC(=O)OC[C@H](COP(=O)(O)OC[C@@H](O)COP(=O)(O)OC[C@@H](COC(=O)CCCCCCCCCCC)OC(=O)CCCCCCCCCC(C)C)OC(=O)CCCCCCCCCCCCCCCCCC. The summed E-state index contributed by atoms with van der Waals surface area (Å²) in [6.07, 6.45) is 53.6. The van der Waals surface area contributed by atoms with E-state index >= 15 is 0 Å². The Morgan fingerprint density at radius 3 is 0.911 bits per heavy atom. The molecule has 0 saturated heterocycles. The third-order valence-electron chi connectivity index (χ3n) is 15.9. The Labute approximate surface area is 548 Å². The quantitative estimate of drug-likeness (QED) is 0.0169. The average Bonchev–Trinajstić information content (AvgIpc) is 2.47. The molecule has 0 aliphatic heterocycles. The highest BCUT2D eigenvalue weighted by atomic mass is 31.2. The van der Waals surface area contributed by atoms with Crippen molar-refractivity contribution in [3.63, 3.8) is 0 Å². The minimum absolute atomic E-state index is 0.101. The average molecular weight is 1320 g/mol. The lowest BCUT2D eigenvalue weighted by Gasteiger charge is -2.21. The van der Waals surface area contributed by atoms with Crippen molar-refractivity contribution in [3.05, 3.63) is 24.3 Å². The molecule has 90 heavy (non-hydrogen) atoms. The summed E-state index contributed by atoms with van der Waals surface area (Å²) in [6, 6.07) is 0. The molecule has 19 heteroatoms. The minimum Gasteiger partial charge on any atom is -0.462 e. The monoisotopic (exact) mass is 1320 g/mol. The van der Waals surface area contributed by atoms with Crippen LogP contribution in [-0.4, -0.2) is 96.7 Å². The van der Waals surface area contributed by atoms with Gasteiger partial charge in [-0.3, -0.25) is 37.3 Å².